The molecular weight excluding hydrogens is 264 g/mol. The molecule has 1 heterocycles. The van der Waals surface area contributed by atoms with Gasteiger partial charge in [-0.1, -0.05) is 6.92 Å². The summed E-state index contributed by atoms with van der Waals surface area (Å²) in [5.41, 5.74) is 0. The highest BCUT2D eigenvalue weighted by atomic mass is 32.2. The highest BCUT2D eigenvalue weighted by molar-refractivity contribution is 7.98. The fourth-order valence-corrected chi connectivity index (χ4v) is 2.55. The summed E-state index contributed by atoms with van der Waals surface area (Å²) in [6, 6.07) is -0.687. The largest absolute Gasteiger partial charge is 0.467 e. The predicted octanol–water partition coefficient (Wildman–Crippen LogP) is 1.72. The molecule has 1 rings (SSSR count). The number of urea groups is 1. The summed E-state index contributed by atoms with van der Waals surface area (Å²) in [5, 5.41) is 2.79. The minimum Gasteiger partial charge on any atom is -0.467 e. The molecule has 0 bridgehead atoms. The average Bonchev–Trinajstić information content (AvgIpc) is 2.43. The summed E-state index contributed by atoms with van der Waals surface area (Å²) < 4.78 is 4.73. The summed E-state index contributed by atoms with van der Waals surface area (Å²) in [5.74, 6) is 1.13. The Kier molecular flexibility index (Phi) is 7.05. The normalized spacial score (nSPS) is 17.9. The molecule has 1 saturated heterocycles. The van der Waals surface area contributed by atoms with Crippen LogP contribution in [0.5, 0.6) is 0 Å². The number of hydrogen-bond acceptors (Lipinski definition) is 4. The Labute approximate surface area is 119 Å². The molecule has 19 heavy (non-hydrogen) atoms. The highest BCUT2D eigenvalue weighted by Crippen LogP contribution is 2.16. The number of nitrogens with one attached hydrogen (secondary N) is 1. The van der Waals surface area contributed by atoms with Crippen molar-refractivity contribution >= 4 is 23.8 Å². The molecule has 1 fully saturated rings. The molecule has 1 aliphatic rings. The van der Waals surface area contributed by atoms with Gasteiger partial charge >= 0.3 is 12.0 Å². The van der Waals surface area contributed by atoms with Crippen LogP contribution in [0.25, 0.3) is 0 Å². The van der Waals surface area contributed by atoms with Crippen LogP contribution in [-0.4, -0.2) is 55.2 Å². The van der Waals surface area contributed by atoms with Crippen molar-refractivity contribution in [3.8, 4) is 0 Å². The second-order valence-electron chi connectivity index (χ2n) is 4.98. The van der Waals surface area contributed by atoms with Gasteiger partial charge in [0.25, 0.3) is 0 Å². The summed E-state index contributed by atoms with van der Waals surface area (Å²) in [4.78, 5) is 25.5. The van der Waals surface area contributed by atoms with Crippen LogP contribution in [0.3, 0.4) is 0 Å². The van der Waals surface area contributed by atoms with E-state index in [1.54, 1.807) is 16.7 Å². The van der Waals surface area contributed by atoms with Crippen molar-refractivity contribution in [2.75, 3.05) is 32.2 Å². The SMILES string of the molecule is COC(=O)[C@@H](CCSC)NC(=O)N1CCC(C)CC1. The number of methoxy groups -OCH3 is 1. The minimum atomic E-state index is -0.538. The fraction of sp³-hybridized carbons (Fsp3) is 0.846. The number of carbonyl (C=O) groups is 2. The zero-order valence-corrected chi connectivity index (χ0v) is 12.8. The van der Waals surface area contributed by atoms with Crippen LogP contribution in [0.15, 0.2) is 0 Å². The molecule has 0 aromatic heterocycles. The summed E-state index contributed by atoms with van der Waals surface area (Å²) in [6.07, 6.45) is 4.63. The Morgan fingerprint density at radius 3 is 2.58 bits per heavy atom. The van der Waals surface area contributed by atoms with Crippen molar-refractivity contribution < 1.29 is 14.3 Å². The van der Waals surface area contributed by atoms with Crippen LogP contribution in [0.2, 0.25) is 0 Å². The van der Waals surface area contributed by atoms with Gasteiger partial charge in [0.2, 0.25) is 0 Å². The monoisotopic (exact) mass is 288 g/mol. The van der Waals surface area contributed by atoms with Crippen molar-refractivity contribution in [2.45, 2.75) is 32.2 Å². The Morgan fingerprint density at radius 1 is 1.42 bits per heavy atom. The first kappa shape index (κ1) is 16.1. The molecule has 6 heteroatoms. The van der Waals surface area contributed by atoms with Gasteiger partial charge in [0.15, 0.2) is 0 Å². The summed E-state index contributed by atoms with van der Waals surface area (Å²) in [6.45, 7) is 3.73. The quantitative estimate of drug-likeness (QED) is 0.783. The van der Waals surface area contributed by atoms with Crippen molar-refractivity contribution in [1.29, 1.82) is 0 Å². The van der Waals surface area contributed by atoms with Gasteiger partial charge in [0, 0.05) is 13.1 Å². The van der Waals surface area contributed by atoms with E-state index in [0.717, 1.165) is 31.7 Å². The Bertz CT molecular complexity index is 304. The van der Waals surface area contributed by atoms with E-state index in [0.29, 0.717) is 12.3 Å². The van der Waals surface area contributed by atoms with Gasteiger partial charge in [0.05, 0.1) is 7.11 Å². The number of nitrogens with zero attached hydrogens (tertiary/aromatic N) is 1. The number of ether oxygens (including phenoxy) is 1. The fourth-order valence-electron chi connectivity index (χ4n) is 2.08. The van der Waals surface area contributed by atoms with Crippen LogP contribution in [0.1, 0.15) is 26.2 Å². The summed E-state index contributed by atoms with van der Waals surface area (Å²) in [7, 11) is 1.35. The second-order valence-corrected chi connectivity index (χ2v) is 5.96. The van der Waals surface area contributed by atoms with Crippen LogP contribution >= 0.6 is 11.8 Å². The molecule has 0 saturated carbocycles. The van der Waals surface area contributed by atoms with Gasteiger partial charge in [-0.15, -0.1) is 0 Å². The van der Waals surface area contributed by atoms with Crippen LogP contribution < -0.4 is 5.32 Å². The van der Waals surface area contributed by atoms with E-state index in [4.69, 9.17) is 4.74 Å². The van der Waals surface area contributed by atoms with Crippen LogP contribution in [0.4, 0.5) is 4.79 Å². The van der Waals surface area contributed by atoms with E-state index in [9.17, 15) is 9.59 Å². The smallest absolute Gasteiger partial charge is 0.328 e. The van der Waals surface area contributed by atoms with Crippen LogP contribution in [0, 0.1) is 5.92 Å². The first-order valence-corrected chi connectivity index (χ1v) is 8.10. The maximum absolute atomic E-state index is 12.1. The third kappa shape index (κ3) is 5.30. The second kappa shape index (κ2) is 8.30. The molecule has 2 amide bonds. The number of likely N-dealkylation sites (tertiary alicyclic amines) is 1. The molecular formula is C13H24N2O3S. The van der Waals surface area contributed by atoms with E-state index in [1.807, 2.05) is 6.26 Å². The van der Waals surface area contributed by atoms with Crippen molar-refractivity contribution in [2.24, 2.45) is 5.92 Å². The molecule has 0 aromatic rings. The molecule has 1 N–H and O–H groups in total. The third-order valence-electron chi connectivity index (χ3n) is 3.46. The van der Waals surface area contributed by atoms with Crippen molar-refractivity contribution in [1.82, 2.24) is 10.2 Å². The molecule has 0 radical (unpaired) electrons. The lowest BCUT2D eigenvalue weighted by Gasteiger charge is -2.31. The zero-order valence-electron chi connectivity index (χ0n) is 12.0. The van der Waals surface area contributed by atoms with Gasteiger partial charge in [-0.3, -0.25) is 0 Å². The van der Waals surface area contributed by atoms with E-state index < -0.39 is 6.04 Å². The molecule has 0 unspecified atom stereocenters. The average molecular weight is 288 g/mol. The number of amides is 2. The minimum absolute atomic E-state index is 0.150. The Hall–Kier alpha value is -0.910. The van der Waals surface area contributed by atoms with Gasteiger partial charge in [0.1, 0.15) is 6.04 Å². The molecule has 0 aromatic carbocycles. The van der Waals surface area contributed by atoms with E-state index >= 15 is 0 Å². The highest BCUT2D eigenvalue weighted by Gasteiger charge is 2.25. The molecule has 1 atom stereocenters. The molecule has 0 spiro atoms. The number of esters is 1. The number of hydrogen-bond donors (Lipinski definition) is 1. The lowest BCUT2D eigenvalue weighted by atomic mass is 10.00. The van der Waals surface area contributed by atoms with Gasteiger partial charge in [-0.05, 0) is 37.2 Å². The van der Waals surface area contributed by atoms with Gasteiger partial charge in [-0.25, -0.2) is 9.59 Å². The molecule has 110 valence electrons. The van der Waals surface area contributed by atoms with Gasteiger partial charge in [-0.2, -0.15) is 11.8 Å². The zero-order chi connectivity index (χ0) is 14.3. The van der Waals surface area contributed by atoms with E-state index in [1.165, 1.54) is 7.11 Å². The Morgan fingerprint density at radius 2 is 2.05 bits per heavy atom. The summed E-state index contributed by atoms with van der Waals surface area (Å²) >= 11 is 1.65. The number of piperidine rings is 1. The van der Waals surface area contributed by atoms with Crippen LogP contribution in [-0.2, 0) is 9.53 Å². The molecule has 0 aliphatic carbocycles. The maximum Gasteiger partial charge on any atom is 0.328 e. The lowest BCUT2D eigenvalue weighted by molar-refractivity contribution is -0.142. The number of thioether (sulfide) groups is 1. The van der Waals surface area contributed by atoms with Crippen molar-refractivity contribution in [3.05, 3.63) is 0 Å². The lowest BCUT2D eigenvalue weighted by Crippen LogP contribution is -2.50. The standard InChI is InChI=1S/C13H24N2O3S/c1-10-4-7-15(8-5-10)13(17)14-11(6-9-19-3)12(16)18-2/h10-11H,4-9H2,1-3H3,(H,14,17)/t11-/m1/s1. The number of carbonyl (C=O) groups excluding carboxylic acids is 2. The first-order chi connectivity index (χ1) is 9.08. The molecule has 1 aliphatic heterocycles. The predicted molar refractivity (Wildman–Crippen MR) is 77.3 cm³/mol. The van der Waals surface area contributed by atoms with Crippen molar-refractivity contribution in [3.63, 3.8) is 0 Å². The topological polar surface area (TPSA) is 58.6 Å². The third-order valence-corrected chi connectivity index (χ3v) is 4.11. The maximum atomic E-state index is 12.1. The molecule has 5 nitrogen and oxygen atoms in total. The number of rotatable bonds is 5. The van der Waals surface area contributed by atoms with E-state index in [2.05, 4.69) is 12.2 Å². The van der Waals surface area contributed by atoms with Gasteiger partial charge < -0.3 is 15.0 Å². The first-order valence-electron chi connectivity index (χ1n) is 6.70. The van der Waals surface area contributed by atoms with E-state index in [-0.39, 0.29) is 12.0 Å². The Balaban J connectivity index is 2.48.